The summed E-state index contributed by atoms with van der Waals surface area (Å²) in [6.45, 7) is 4.21. The minimum Gasteiger partial charge on any atom is -0.435 e. The number of carbonyl (C=O) groups excluding carboxylic acids is 2. The molecule has 0 spiro atoms. The van der Waals surface area contributed by atoms with Crippen molar-refractivity contribution in [3.63, 3.8) is 0 Å². The van der Waals surface area contributed by atoms with Gasteiger partial charge in [-0.2, -0.15) is 13.2 Å². The van der Waals surface area contributed by atoms with Gasteiger partial charge in [0.15, 0.2) is 6.23 Å². The molecule has 2 unspecified atom stereocenters. The fourth-order valence-electron chi connectivity index (χ4n) is 3.88. The SMILES string of the molecule is Cc1ccc(Sc2ccc(C(F)(F)F)cc2C2CCN3OC(=O)C(=O)OC3C2)c(C)c1. The number of piperidine rings is 1. The standard InChI is InChI=1S/C22H20F3NO4S/c1-12-3-5-17(13(2)9-12)31-18-6-4-15(22(23,24)25)11-16(18)14-7-8-26-19(10-14)29-20(27)21(28)30-26/h3-6,9,11,14,19H,7-8,10H2,1-2H3. The molecule has 0 saturated carbocycles. The van der Waals surface area contributed by atoms with Crippen LogP contribution in [-0.2, 0) is 25.3 Å². The van der Waals surface area contributed by atoms with E-state index in [2.05, 4.69) is 0 Å². The van der Waals surface area contributed by atoms with Crippen molar-refractivity contribution in [2.45, 2.75) is 54.8 Å². The van der Waals surface area contributed by atoms with Crippen LogP contribution in [-0.4, -0.2) is 29.8 Å². The highest BCUT2D eigenvalue weighted by molar-refractivity contribution is 7.99. The summed E-state index contributed by atoms with van der Waals surface area (Å²) in [6.07, 6.45) is -4.58. The molecule has 31 heavy (non-hydrogen) atoms. The van der Waals surface area contributed by atoms with E-state index in [-0.39, 0.29) is 18.9 Å². The molecule has 0 N–H and O–H groups in total. The van der Waals surface area contributed by atoms with Gasteiger partial charge in [-0.1, -0.05) is 34.5 Å². The molecule has 2 aromatic rings. The van der Waals surface area contributed by atoms with E-state index in [1.54, 1.807) is 0 Å². The van der Waals surface area contributed by atoms with Crippen LogP contribution >= 0.6 is 11.8 Å². The van der Waals surface area contributed by atoms with Gasteiger partial charge < -0.3 is 9.57 Å². The highest BCUT2D eigenvalue weighted by Gasteiger charge is 2.42. The monoisotopic (exact) mass is 451 g/mol. The van der Waals surface area contributed by atoms with Crippen molar-refractivity contribution in [1.29, 1.82) is 0 Å². The topological polar surface area (TPSA) is 55.8 Å². The van der Waals surface area contributed by atoms with Gasteiger partial charge in [0, 0.05) is 22.8 Å². The predicted octanol–water partition coefficient (Wildman–Crippen LogP) is 4.99. The summed E-state index contributed by atoms with van der Waals surface area (Å²) in [5, 5.41) is 1.28. The van der Waals surface area contributed by atoms with Crippen molar-refractivity contribution >= 4 is 23.7 Å². The summed E-state index contributed by atoms with van der Waals surface area (Å²) in [6, 6.07) is 9.73. The number of hydrogen-bond donors (Lipinski definition) is 0. The average molecular weight is 451 g/mol. The maximum atomic E-state index is 13.4. The highest BCUT2D eigenvalue weighted by Crippen LogP contribution is 2.43. The van der Waals surface area contributed by atoms with E-state index >= 15 is 0 Å². The Kier molecular flexibility index (Phi) is 5.74. The molecule has 2 saturated heterocycles. The van der Waals surface area contributed by atoms with Crippen LogP contribution < -0.4 is 0 Å². The first-order valence-corrected chi connectivity index (χ1v) is 10.6. The van der Waals surface area contributed by atoms with Gasteiger partial charge in [0.1, 0.15) is 0 Å². The molecule has 0 radical (unpaired) electrons. The fraction of sp³-hybridized carbons (Fsp3) is 0.364. The lowest BCUT2D eigenvalue weighted by Crippen LogP contribution is -2.51. The minimum atomic E-state index is -4.47. The van der Waals surface area contributed by atoms with Gasteiger partial charge in [-0.3, -0.25) is 0 Å². The van der Waals surface area contributed by atoms with Crippen molar-refractivity contribution in [2.75, 3.05) is 6.54 Å². The number of benzene rings is 2. The predicted molar refractivity (Wildman–Crippen MR) is 106 cm³/mol. The zero-order valence-corrected chi connectivity index (χ0v) is 17.7. The van der Waals surface area contributed by atoms with Gasteiger partial charge in [0.25, 0.3) is 0 Å². The van der Waals surface area contributed by atoms with Crippen LogP contribution in [0, 0.1) is 13.8 Å². The largest absolute Gasteiger partial charge is 0.436 e. The van der Waals surface area contributed by atoms with E-state index < -0.39 is 29.9 Å². The summed E-state index contributed by atoms with van der Waals surface area (Å²) < 4.78 is 45.4. The molecule has 0 aliphatic carbocycles. The number of hydrogen-bond acceptors (Lipinski definition) is 6. The third-order valence-corrected chi connectivity index (χ3v) is 6.71. The summed E-state index contributed by atoms with van der Waals surface area (Å²) in [5.74, 6) is -2.46. The highest BCUT2D eigenvalue weighted by atomic mass is 32.2. The van der Waals surface area contributed by atoms with Gasteiger partial charge >= 0.3 is 18.1 Å². The lowest BCUT2D eigenvalue weighted by Gasteiger charge is -2.39. The molecule has 2 aromatic carbocycles. The van der Waals surface area contributed by atoms with E-state index in [1.807, 2.05) is 32.0 Å². The molecular formula is C22H20F3NO4S. The summed E-state index contributed by atoms with van der Waals surface area (Å²) in [5.41, 5.74) is 1.98. The number of nitrogens with zero attached hydrogens (tertiary/aromatic N) is 1. The van der Waals surface area contributed by atoms with Crippen LogP contribution in [0.1, 0.15) is 41.0 Å². The van der Waals surface area contributed by atoms with Crippen LogP contribution in [0.25, 0.3) is 0 Å². The van der Waals surface area contributed by atoms with Crippen LogP contribution in [0.2, 0.25) is 0 Å². The Morgan fingerprint density at radius 2 is 1.77 bits per heavy atom. The second kappa shape index (κ2) is 8.20. The Morgan fingerprint density at radius 1 is 1.03 bits per heavy atom. The molecule has 2 aliphatic rings. The van der Waals surface area contributed by atoms with Gasteiger partial charge in [-0.05, 0) is 61.6 Å². The molecule has 0 bridgehead atoms. The number of halogens is 3. The van der Waals surface area contributed by atoms with Crippen LogP contribution in [0.4, 0.5) is 13.2 Å². The molecule has 0 aromatic heterocycles. The molecule has 2 heterocycles. The lowest BCUT2D eigenvalue weighted by molar-refractivity contribution is -0.275. The number of ether oxygens (including phenoxy) is 1. The zero-order chi connectivity index (χ0) is 22.3. The minimum absolute atomic E-state index is 0.237. The van der Waals surface area contributed by atoms with E-state index in [9.17, 15) is 22.8 Å². The number of hydroxylamine groups is 2. The normalized spacial score (nSPS) is 22.0. The maximum Gasteiger partial charge on any atom is 0.436 e. The van der Waals surface area contributed by atoms with Crippen molar-refractivity contribution in [3.8, 4) is 0 Å². The van der Waals surface area contributed by atoms with E-state index in [0.29, 0.717) is 12.0 Å². The third kappa shape index (κ3) is 4.57. The Bertz CT molecular complexity index is 1040. The quantitative estimate of drug-likeness (QED) is 0.484. The molecule has 9 heteroatoms. The number of rotatable bonds is 3. The second-order valence-corrected chi connectivity index (χ2v) is 8.81. The molecule has 4 rings (SSSR count). The Labute approximate surface area is 181 Å². The zero-order valence-electron chi connectivity index (χ0n) is 16.9. The molecule has 2 aliphatic heterocycles. The fourth-order valence-corrected chi connectivity index (χ4v) is 4.96. The Balaban J connectivity index is 1.67. The van der Waals surface area contributed by atoms with E-state index in [0.717, 1.165) is 27.0 Å². The first-order chi connectivity index (χ1) is 14.6. The van der Waals surface area contributed by atoms with Gasteiger partial charge in [-0.15, -0.1) is 0 Å². The van der Waals surface area contributed by atoms with Crippen molar-refractivity contribution in [2.24, 2.45) is 0 Å². The number of carbonyl (C=O) groups is 2. The van der Waals surface area contributed by atoms with Gasteiger partial charge in [0.2, 0.25) is 0 Å². The van der Waals surface area contributed by atoms with E-state index in [1.165, 1.54) is 29.0 Å². The molecular weight excluding hydrogens is 431 g/mol. The Hall–Kier alpha value is -2.52. The van der Waals surface area contributed by atoms with Crippen LogP contribution in [0.15, 0.2) is 46.2 Å². The smallest absolute Gasteiger partial charge is 0.435 e. The third-order valence-electron chi connectivity index (χ3n) is 5.44. The molecule has 2 fully saturated rings. The molecule has 164 valence electrons. The van der Waals surface area contributed by atoms with Gasteiger partial charge in [-0.25, -0.2) is 9.59 Å². The van der Waals surface area contributed by atoms with E-state index in [4.69, 9.17) is 9.57 Å². The molecule has 0 amide bonds. The number of esters is 1. The lowest BCUT2D eigenvalue weighted by atomic mass is 9.88. The molecule has 2 atom stereocenters. The second-order valence-electron chi connectivity index (χ2n) is 7.72. The average Bonchev–Trinajstić information content (AvgIpc) is 2.70. The number of fused-ring (bicyclic) bond motifs is 1. The molecule has 5 nitrogen and oxygen atoms in total. The first kappa shape index (κ1) is 21.7. The van der Waals surface area contributed by atoms with Crippen LogP contribution in [0.3, 0.4) is 0 Å². The first-order valence-electron chi connectivity index (χ1n) is 9.77. The van der Waals surface area contributed by atoms with Crippen LogP contribution in [0.5, 0.6) is 0 Å². The van der Waals surface area contributed by atoms with Crippen molar-refractivity contribution in [1.82, 2.24) is 5.06 Å². The van der Waals surface area contributed by atoms with Crippen molar-refractivity contribution in [3.05, 3.63) is 58.7 Å². The summed E-state index contributed by atoms with van der Waals surface area (Å²) in [7, 11) is 0. The van der Waals surface area contributed by atoms with Gasteiger partial charge in [0.05, 0.1) is 5.56 Å². The number of aryl methyl sites for hydroxylation is 2. The maximum absolute atomic E-state index is 13.4. The summed E-state index contributed by atoms with van der Waals surface area (Å²) in [4.78, 5) is 29.6. The number of alkyl halides is 3. The van der Waals surface area contributed by atoms with Crippen molar-refractivity contribution < 1.29 is 32.3 Å². The Morgan fingerprint density at radius 3 is 2.48 bits per heavy atom. The summed E-state index contributed by atoms with van der Waals surface area (Å²) >= 11 is 1.42.